The minimum Gasteiger partial charge on any atom is -0.475 e. The molecule has 1 aromatic heterocycles. The van der Waals surface area contributed by atoms with Crippen LogP contribution in [-0.2, 0) is 0 Å². The van der Waals surface area contributed by atoms with Crippen LogP contribution >= 0.6 is 0 Å². The van der Waals surface area contributed by atoms with Gasteiger partial charge in [-0.2, -0.15) is 0 Å². The van der Waals surface area contributed by atoms with Gasteiger partial charge in [0.25, 0.3) is 5.91 Å². The van der Waals surface area contributed by atoms with Gasteiger partial charge < -0.3 is 15.2 Å². The van der Waals surface area contributed by atoms with Crippen molar-refractivity contribution < 1.29 is 14.6 Å². The van der Waals surface area contributed by atoms with Gasteiger partial charge in [-0.25, -0.2) is 4.98 Å². The topological polar surface area (TPSA) is 71.5 Å². The van der Waals surface area contributed by atoms with E-state index in [4.69, 9.17) is 4.74 Å². The van der Waals surface area contributed by atoms with Crippen molar-refractivity contribution in [3.05, 3.63) is 23.9 Å². The fourth-order valence-electron chi connectivity index (χ4n) is 2.01. The van der Waals surface area contributed by atoms with Gasteiger partial charge in [-0.05, 0) is 38.7 Å². The maximum atomic E-state index is 12.0. The molecule has 0 spiro atoms. The number of amides is 1. The second-order valence-electron chi connectivity index (χ2n) is 5.48. The number of nitrogens with zero attached hydrogens (tertiary/aromatic N) is 1. The van der Waals surface area contributed by atoms with Crippen molar-refractivity contribution in [2.24, 2.45) is 0 Å². The van der Waals surface area contributed by atoms with Gasteiger partial charge in [0.05, 0.1) is 11.7 Å². The van der Waals surface area contributed by atoms with E-state index < -0.39 is 5.60 Å². The summed E-state index contributed by atoms with van der Waals surface area (Å²) in [5.41, 5.74) is -0.208. The van der Waals surface area contributed by atoms with Gasteiger partial charge in [0.1, 0.15) is 0 Å². The van der Waals surface area contributed by atoms with E-state index >= 15 is 0 Å². The summed E-state index contributed by atoms with van der Waals surface area (Å²) >= 11 is 0. The highest BCUT2D eigenvalue weighted by molar-refractivity contribution is 5.94. The molecule has 0 aromatic carbocycles. The van der Waals surface area contributed by atoms with Crippen LogP contribution in [0.3, 0.4) is 0 Å². The van der Waals surface area contributed by atoms with Crippen molar-refractivity contribution in [1.82, 2.24) is 10.3 Å². The molecule has 2 N–H and O–H groups in total. The molecule has 1 fully saturated rings. The van der Waals surface area contributed by atoms with E-state index in [1.807, 2.05) is 13.8 Å². The fraction of sp³-hybridized carbons (Fsp3) is 0.600. The van der Waals surface area contributed by atoms with E-state index in [9.17, 15) is 9.90 Å². The largest absolute Gasteiger partial charge is 0.475 e. The average molecular weight is 278 g/mol. The quantitative estimate of drug-likeness (QED) is 0.833. The lowest BCUT2D eigenvalue weighted by molar-refractivity contribution is -0.0300. The molecule has 0 radical (unpaired) electrons. The highest BCUT2D eigenvalue weighted by Crippen LogP contribution is 2.30. The second-order valence-corrected chi connectivity index (χ2v) is 5.48. The molecule has 1 heterocycles. The van der Waals surface area contributed by atoms with E-state index in [-0.39, 0.29) is 12.0 Å². The standard InChI is InChI=1S/C15H22N2O3/c1-3-11(2)20-13-9-12(5-8-16-13)14(18)17-10-15(19)6-4-7-15/h5,8-9,11,19H,3-4,6-7,10H2,1-2H3,(H,17,18)/t11-/m1/s1. The molecular formula is C15H22N2O3. The zero-order valence-electron chi connectivity index (χ0n) is 12.1. The lowest BCUT2D eigenvalue weighted by atomic mass is 9.80. The summed E-state index contributed by atoms with van der Waals surface area (Å²) in [4.78, 5) is 16.1. The summed E-state index contributed by atoms with van der Waals surface area (Å²) in [6.07, 6.45) is 5.04. The number of carbonyl (C=O) groups is 1. The molecule has 1 aliphatic rings. The Morgan fingerprint density at radius 2 is 2.35 bits per heavy atom. The number of aliphatic hydroxyl groups is 1. The molecule has 1 aliphatic carbocycles. The predicted molar refractivity (Wildman–Crippen MR) is 75.8 cm³/mol. The minimum absolute atomic E-state index is 0.0662. The number of nitrogens with one attached hydrogen (secondary N) is 1. The zero-order valence-corrected chi connectivity index (χ0v) is 12.1. The van der Waals surface area contributed by atoms with Crippen LogP contribution in [0, 0.1) is 0 Å². The van der Waals surface area contributed by atoms with Crippen molar-refractivity contribution in [3.63, 3.8) is 0 Å². The van der Waals surface area contributed by atoms with Crippen LogP contribution in [0.15, 0.2) is 18.3 Å². The average Bonchev–Trinajstić information content (AvgIpc) is 2.42. The normalized spacial score (nSPS) is 17.9. The van der Waals surface area contributed by atoms with Crippen LogP contribution in [-0.4, -0.2) is 34.2 Å². The van der Waals surface area contributed by atoms with E-state index in [0.717, 1.165) is 25.7 Å². The Kier molecular flexibility index (Phi) is 4.60. The Balaban J connectivity index is 1.93. The maximum Gasteiger partial charge on any atom is 0.251 e. The summed E-state index contributed by atoms with van der Waals surface area (Å²) in [7, 11) is 0. The molecule has 1 aromatic rings. The summed E-state index contributed by atoms with van der Waals surface area (Å²) < 4.78 is 5.59. The number of pyridine rings is 1. The molecule has 110 valence electrons. The minimum atomic E-state index is -0.710. The Morgan fingerprint density at radius 1 is 1.60 bits per heavy atom. The van der Waals surface area contributed by atoms with Crippen LogP contribution in [0.25, 0.3) is 0 Å². The van der Waals surface area contributed by atoms with Crippen LogP contribution in [0.4, 0.5) is 0 Å². The summed E-state index contributed by atoms with van der Waals surface area (Å²) in [6.45, 7) is 4.29. The van der Waals surface area contributed by atoms with E-state index in [2.05, 4.69) is 10.3 Å². The van der Waals surface area contributed by atoms with Crippen LogP contribution in [0.2, 0.25) is 0 Å². The van der Waals surface area contributed by atoms with Crippen molar-refractivity contribution in [2.75, 3.05) is 6.54 Å². The maximum absolute atomic E-state index is 12.0. The third-order valence-corrected chi connectivity index (χ3v) is 3.76. The third kappa shape index (κ3) is 3.70. The predicted octanol–water partition coefficient (Wildman–Crippen LogP) is 1.90. The molecule has 20 heavy (non-hydrogen) atoms. The second kappa shape index (κ2) is 6.22. The Hall–Kier alpha value is -1.62. The molecule has 1 atom stereocenters. The smallest absolute Gasteiger partial charge is 0.251 e. The zero-order chi connectivity index (χ0) is 14.6. The lowest BCUT2D eigenvalue weighted by Gasteiger charge is -2.36. The fourth-order valence-corrected chi connectivity index (χ4v) is 2.01. The first-order valence-corrected chi connectivity index (χ1v) is 7.16. The van der Waals surface area contributed by atoms with E-state index in [1.54, 1.807) is 18.3 Å². The molecule has 5 heteroatoms. The van der Waals surface area contributed by atoms with Crippen molar-refractivity contribution in [3.8, 4) is 5.88 Å². The third-order valence-electron chi connectivity index (χ3n) is 3.76. The van der Waals surface area contributed by atoms with Crippen molar-refractivity contribution in [2.45, 2.75) is 51.2 Å². The van der Waals surface area contributed by atoms with Crippen molar-refractivity contribution >= 4 is 5.91 Å². The number of rotatable bonds is 6. The molecule has 5 nitrogen and oxygen atoms in total. The van der Waals surface area contributed by atoms with Crippen LogP contribution < -0.4 is 10.1 Å². The molecule has 0 saturated heterocycles. The van der Waals surface area contributed by atoms with E-state index in [1.165, 1.54) is 0 Å². The van der Waals surface area contributed by atoms with Crippen LogP contribution in [0.1, 0.15) is 49.9 Å². The Bertz CT molecular complexity index is 472. The Labute approximate surface area is 119 Å². The lowest BCUT2D eigenvalue weighted by Crippen LogP contribution is -2.47. The molecule has 2 rings (SSSR count). The summed E-state index contributed by atoms with van der Waals surface area (Å²) in [5, 5.41) is 12.7. The number of hydrogen-bond acceptors (Lipinski definition) is 4. The van der Waals surface area contributed by atoms with E-state index in [0.29, 0.717) is 18.0 Å². The van der Waals surface area contributed by atoms with Gasteiger partial charge in [0, 0.05) is 24.4 Å². The van der Waals surface area contributed by atoms with Gasteiger partial charge >= 0.3 is 0 Å². The van der Waals surface area contributed by atoms with Gasteiger partial charge in [0.2, 0.25) is 5.88 Å². The number of hydrogen-bond donors (Lipinski definition) is 2. The van der Waals surface area contributed by atoms with Crippen LogP contribution in [0.5, 0.6) is 5.88 Å². The number of aromatic nitrogens is 1. The number of carbonyl (C=O) groups excluding carboxylic acids is 1. The molecule has 0 bridgehead atoms. The molecule has 1 saturated carbocycles. The summed E-state index contributed by atoms with van der Waals surface area (Å²) in [6, 6.07) is 3.27. The highest BCUT2D eigenvalue weighted by atomic mass is 16.5. The van der Waals surface area contributed by atoms with Gasteiger partial charge in [0.15, 0.2) is 0 Å². The molecular weight excluding hydrogens is 256 g/mol. The first-order chi connectivity index (χ1) is 9.52. The SMILES string of the molecule is CC[C@@H](C)Oc1cc(C(=O)NCC2(O)CCC2)ccn1. The highest BCUT2D eigenvalue weighted by Gasteiger charge is 2.34. The first kappa shape index (κ1) is 14.8. The molecule has 0 unspecified atom stereocenters. The van der Waals surface area contributed by atoms with Crippen molar-refractivity contribution in [1.29, 1.82) is 0 Å². The van der Waals surface area contributed by atoms with Gasteiger partial charge in [-0.3, -0.25) is 4.79 Å². The first-order valence-electron chi connectivity index (χ1n) is 7.16. The van der Waals surface area contributed by atoms with Gasteiger partial charge in [-0.15, -0.1) is 0 Å². The molecule has 1 amide bonds. The number of ether oxygens (including phenoxy) is 1. The molecule has 0 aliphatic heterocycles. The summed E-state index contributed by atoms with van der Waals surface area (Å²) in [5.74, 6) is 0.246. The Morgan fingerprint density at radius 3 is 2.95 bits per heavy atom. The monoisotopic (exact) mass is 278 g/mol. The van der Waals surface area contributed by atoms with Gasteiger partial charge in [-0.1, -0.05) is 6.92 Å².